The summed E-state index contributed by atoms with van der Waals surface area (Å²) in [5.41, 5.74) is 3.81. The number of hydrogen-bond acceptors (Lipinski definition) is 4. The molecule has 0 aliphatic rings. The van der Waals surface area contributed by atoms with Crippen LogP contribution in [0.15, 0.2) is 54.9 Å². The fraction of sp³-hybridized carbons (Fsp3) is 0.357. The summed E-state index contributed by atoms with van der Waals surface area (Å²) in [6.45, 7) is 9.69. The lowest BCUT2D eigenvalue weighted by atomic mass is 9.94. The molecule has 0 amide bonds. The average molecular weight is 428 g/mol. The standard InChI is InChI=1S/C28H33N3O/c1-7-19(4)26-16-29-27(22-11-9-8-10-21(22)26)31(5)17-20-12-13-23-24(14-20)25(18(2)3)15-30-28(23)32-6/h8-16,18-19H,7,17H2,1-6H3. The van der Waals surface area contributed by atoms with Crippen molar-refractivity contribution in [1.82, 2.24) is 9.97 Å². The topological polar surface area (TPSA) is 38.2 Å². The van der Waals surface area contributed by atoms with Crippen molar-refractivity contribution in [1.29, 1.82) is 0 Å². The zero-order valence-corrected chi connectivity index (χ0v) is 20.0. The fourth-order valence-corrected chi connectivity index (χ4v) is 4.47. The van der Waals surface area contributed by atoms with E-state index in [9.17, 15) is 0 Å². The van der Waals surface area contributed by atoms with Crippen LogP contribution in [0.1, 0.15) is 62.6 Å². The van der Waals surface area contributed by atoms with Crippen LogP contribution in [-0.4, -0.2) is 24.1 Å². The summed E-state index contributed by atoms with van der Waals surface area (Å²) < 4.78 is 5.51. The van der Waals surface area contributed by atoms with Crippen LogP contribution in [0.5, 0.6) is 5.88 Å². The van der Waals surface area contributed by atoms with E-state index in [1.165, 1.54) is 32.8 Å². The first-order valence-electron chi connectivity index (χ1n) is 11.5. The molecule has 32 heavy (non-hydrogen) atoms. The van der Waals surface area contributed by atoms with E-state index >= 15 is 0 Å². The van der Waals surface area contributed by atoms with Gasteiger partial charge in [-0.3, -0.25) is 0 Å². The van der Waals surface area contributed by atoms with E-state index in [1.807, 2.05) is 6.20 Å². The fourth-order valence-electron chi connectivity index (χ4n) is 4.47. The Balaban J connectivity index is 1.74. The van der Waals surface area contributed by atoms with E-state index in [-0.39, 0.29) is 0 Å². The van der Waals surface area contributed by atoms with Crippen LogP contribution in [0.2, 0.25) is 0 Å². The first kappa shape index (κ1) is 22.1. The third kappa shape index (κ3) is 4.02. The number of ether oxygens (including phenoxy) is 1. The smallest absolute Gasteiger partial charge is 0.221 e. The maximum Gasteiger partial charge on any atom is 0.221 e. The maximum absolute atomic E-state index is 5.51. The molecule has 0 N–H and O–H groups in total. The van der Waals surface area contributed by atoms with Gasteiger partial charge in [0.25, 0.3) is 0 Å². The lowest BCUT2D eigenvalue weighted by Gasteiger charge is -2.23. The Morgan fingerprint density at radius 2 is 1.59 bits per heavy atom. The van der Waals surface area contributed by atoms with E-state index < -0.39 is 0 Å². The van der Waals surface area contributed by atoms with Gasteiger partial charge in [-0.15, -0.1) is 0 Å². The first-order chi connectivity index (χ1) is 15.4. The molecule has 4 heteroatoms. The molecule has 0 aliphatic heterocycles. The average Bonchev–Trinajstić information content (AvgIpc) is 2.81. The first-order valence-corrected chi connectivity index (χ1v) is 11.5. The van der Waals surface area contributed by atoms with Crippen LogP contribution < -0.4 is 9.64 Å². The lowest BCUT2D eigenvalue weighted by molar-refractivity contribution is 0.403. The predicted octanol–water partition coefficient (Wildman–Crippen LogP) is 7.06. The van der Waals surface area contributed by atoms with Gasteiger partial charge in [-0.25, -0.2) is 9.97 Å². The second kappa shape index (κ2) is 9.15. The molecule has 0 aliphatic carbocycles. The van der Waals surface area contributed by atoms with Crippen LogP contribution in [0.3, 0.4) is 0 Å². The largest absolute Gasteiger partial charge is 0.481 e. The number of pyridine rings is 2. The second-order valence-corrected chi connectivity index (χ2v) is 9.01. The minimum absolute atomic E-state index is 0.391. The molecule has 0 bridgehead atoms. The normalized spacial score (nSPS) is 12.5. The highest BCUT2D eigenvalue weighted by Gasteiger charge is 2.16. The van der Waals surface area contributed by atoms with Gasteiger partial charge in [-0.1, -0.05) is 58.0 Å². The summed E-state index contributed by atoms with van der Waals surface area (Å²) in [4.78, 5) is 11.7. The van der Waals surface area contributed by atoms with Crippen LogP contribution in [0, 0.1) is 0 Å². The van der Waals surface area contributed by atoms with Crippen LogP contribution in [0.4, 0.5) is 5.82 Å². The SMILES string of the molecule is CCC(C)c1cnc(N(C)Cc2ccc3c(OC)ncc(C(C)C)c3c2)c2ccccc12. The van der Waals surface area contributed by atoms with Crippen molar-refractivity contribution in [3.63, 3.8) is 0 Å². The number of rotatable bonds is 7. The number of benzene rings is 2. The number of nitrogens with zero attached hydrogens (tertiary/aromatic N) is 3. The van der Waals surface area contributed by atoms with Gasteiger partial charge in [-0.05, 0) is 57.9 Å². The molecule has 0 fully saturated rings. The zero-order valence-electron chi connectivity index (χ0n) is 20.0. The molecule has 4 rings (SSSR count). The van der Waals surface area contributed by atoms with E-state index in [0.29, 0.717) is 17.7 Å². The molecule has 2 aromatic carbocycles. The summed E-state index contributed by atoms with van der Waals surface area (Å²) in [6.07, 6.45) is 5.12. The highest BCUT2D eigenvalue weighted by Crippen LogP contribution is 2.34. The lowest BCUT2D eigenvalue weighted by Crippen LogP contribution is -2.18. The Labute approximate surface area is 191 Å². The van der Waals surface area contributed by atoms with Crippen molar-refractivity contribution >= 4 is 27.4 Å². The number of aromatic nitrogens is 2. The van der Waals surface area contributed by atoms with Gasteiger partial charge >= 0.3 is 0 Å². The van der Waals surface area contributed by atoms with Gasteiger partial charge < -0.3 is 9.64 Å². The molecule has 2 heterocycles. The summed E-state index contributed by atoms with van der Waals surface area (Å²) in [5.74, 6) is 2.58. The minimum atomic E-state index is 0.391. The van der Waals surface area contributed by atoms with E-state index in [2.05, 4.69) is 93.3 Å². The maximum atomic E-state index is 5.51. The Morgan fingerprint density at radius 1 is 0.875 bits per heavy atom. The van der Waals surface area contributed by atoms with Crippen molar-refractivity contribution < 1.29 is 4.74 Å². The zero-order chi connectivity index (χ0) is 22.8. The molecule has 1 atom stereocenters. The van der Waals surface area contributed by atoms with Crippen molar-refractivity contribution in [3.8, 4) is 5.88 Å². The number of anilines is 1. The summed E-state index contributed by atoms with van der Waals surface area (Å²) >= 11 is 0. The molecule has 1 unspecified atom stereocenters. The molecule has 0 radical (unpaired) electrons. The number of methoxy groups -OCH3 is 1. The number of fused-ring (bicyclic) bond motifs is 2. The van der Waals surface area contributed by atoms with Gasteiger partial charge in [-0.2, -0.15) is 0 Å². The second-order valence-electron chi connectivity index (χ2n) is 9.01. The summed E-state index contributed by atoms with van der Waals surface area (Å²) in [6, 6.07) is 15.2. The molecule has 4 nitrogen and oxygen atoms in total. The van der Waals surface area contributed by atoms with Gasteiger partial charge in [0.05, 0.1) is 7.11 Å². The molecule has 4 aromatic rings. The Hall–Kier alpha value is -3.14. The molecule has 166 valence electrons. The molecular weight excluding hydrogens is 394 g/mol. The van der Waals surface area contributed by atoms with Crippen molar-refractivity contribution in [2.45, 2.75) is 52.5 Å². The van der Waals surface area contributed by atoms with E-state index in [1.54, 1.807) is 7.11 Å². The molecule has 0 spiro atoms. The monoisotopic (exact) mass is 427 g/mol. The Kier molecular flexibility index (Phi) is 6.31. The van der Waals surface area contributed by atoms with E-state index in [0.717, 1.165) is 24.2 Å². The highest BCUT2D eigenvalue weighted by atomic mass is 16.5. The molecular formula is C28H33N3O. The van der Waals surface area contributed by atoms with Crippen LogP contribution >= 0.6 is 0 Å². The summed E-state index contributed by atoms with van der Waals surface area (Å²) in [7, 11) is 3.80. The third-order valence-electron chi connectivity index (χ3n) is 6.49. The highest BCUT2D eigenvalue weighted by molar-refractivity contribution is 5.95. The minimum Gasteiger partial charge on any atom is -0.481 e. The van der Waals surface area contributed by atoms with Gasteiger partial charge in [0.1, 0.15) is 5.82 Å². The van der Waals surface area contributed by atoms with Gasteiger partial charge in [0.2, 0.25) is 5.88 Å². The predicted molar refractivity (Wildman–Crippen MR) is 135 cm³/mol. The van der Waals surface area contributed by atoms with Gasteiger partial charge in [0.15, 0.2) is 0 Å². The molecule has 2 aromatic heterocycles. The molecule has 0 saturated carbocycles. The van der Waals surface area contributed by atoms with Crippen molar-refractivity contribution in [3.05, 3.63) is 71.5 Å². The summed E-state index contributed by atoms with van der Waals surface area (Å²) in [5, 5.41) is 4.78. The Morgan fingerprint density at radius 3 is 2.28 bits per heavy atom. The van der Waals surface area contributed by atoms with Crippen molar-refractivity contribution in [2.24, 2.45) is 0 Å². The van der Waals surface area contributed by atoms with Crippen LogP contribution in [0.25, 0.3) is 21.5 Å². The van der Waals surface area contributed by atoms with Crippen LogP contribution in [-0.2, 0) is 6.54 Å². The van der Waals surface area contributed by atoms with Gasteiger partial charge in [0, 0.05) is 36.8 Å². The molecule has 0 saturated heterocycles. The quantitative estimate of drug-likeness (QED) is 0.316. The Bertz CT molecular complexity index is 1250. The number of hydrogen-bond donors (Lipinski definition) is 0. The third-order valence-corrected chi connectivity index (χ3v) is 6.49. The van der Waals surface area contributed by atoms with E-state index in [4.69, 9.17) is 9.72 Å². The van der Waals surface area contributed by atoms with Crippen molar-refractivity contribution in [2.75, 3.05) is 19.1 Å².